The van der Waals surface area contributed by atoms with Crippen LogP contribution in [0.1, 0.15) is 49.8 Å². The van der Waals surface area contributed by atoms with Gasteiger partial charge in [-0.1, -0.05) is 13.8 Å². The highest BCUT2D eigenvalue weighted by Crippen LogP contribution is 2.27. The van der Waals surface area contributed by atoms with Gasteiger partial charge in [0.2, 0.25) is 11.6 Å². The zero-order valence-corrected chi connectivity index (χ0v) is 14.9. The highest BCUT2D eigenvalue weighted by molar-refractivity contribution is 5.84. The van der Waals surface area contributed by atoms with Crippen LogP contribution in [0.3, 0.4) is 0 Å². The summed E-state index contributed by atoms with van der Waals surface area (Å²) in [6, 6.07) is 7.41. The van der Waals surface area contributed by atoms with Crippen LogP contribution < -0.4 is 14.9 Å². The second kappa shape index (κ2) is 8.73. The number of hydrogen-bond acceptors (Lipinski definition) is 7. The molecule has 0 fully saturated rings. The topological polar surface area (TPSA) is 92.7 Å². The molecule has 1 aromatic heterocycles. The summed E-state index contributed by atoms with van der Waals surface area (Å²) in [5.74, 6) is 2.32. The van der Waals surface area contributed by atoms with Crippen molar-refractivity contribution in [3.8, 4) is 17.6 Å². The molecule has 132 valence electrons. The second-order valence-electron chi connectivity index (χ2n) is 5.33. The van der Waals surface area contributed by atoms with Gasteiger partial charge in [-0.05, 0) is 31.0 Å². The summed E-state index contributed by atoms with van der Waals surface area (Å²) in [7, 11) is 3.17. The molecule has 7 nitrogen and oxygen atoms in total. The SMILES string of the molecule is CCC(CC)c1nc(C#N)c(N/N=C/c2cc(OC)ccc2OC)o1. The molecular formula is C18H22N4O3. The van der Waals surface area contributed by atoms with Crippen LogP contribution in [0, 0.1) is 11.3 Å². The Labute approximate surface area is 147 Å². The van der Waals surface area contributed by atoms with Crippen molar-refractivity contribution in [2.45, 2.75) is 32.6 Å². The summed E-state index contributed by atoms with van der Waals surface area (Å²) < 4.78 is 16.2. The van der Waals surface area contributed by atoms with Crippen LogP contribution in [0.15, 0.2) is 27.7 Å². The van der Waals surface area contributed by atoms with Crippen molar-refractivity contribution < 1.29 is 13.9 Å². The molecule has 0 unspecified atom stereocenters. The number of rotatable bonds is 8. The van der Waals surface area contributed by atoms with Crippen molar-refractivity contribution >= 4 is 12.1 Å². The average Bonchev–Trinajstić information content (AvgIpc) is 3.05. The quantitative estimate of drug-likeness (QED) is 0.577. The van der Waals surface area contributed by atoms with Crippen molar-refractivity contribution in [3.63, 3.8) is 0 Å². The van der Waals surface area contributed by atoms with Gasteiger partial charge >= 0.3 is 0 Å². The van der Waals surface area contributed by atoms with Crippen LogP contribution in [0.25, 0.3) is 0 Å². The first-order chi connectivity index (χ1) is 12.2. The lowest BCUT2D eigenvalue weighted by Gasteiger charge is -2.07. The van der Waals surface area contributed by atoms with Gasteiger partial charge in [0.05, 0.1) is 20.4 Å². The standard InChI is InChI=1S/C18H22N4O3/c1-5-12(6-2)17-21-15(10-19)18(25-17)22-20-11-13-9-14(23-3)7-8-16(13)24-4/h7-9,11-12,22H,5-6H2,1-4H3/b20-11+. The molecule has 0 aliphatic heterocycles. The fraction of sp³-hybridized carbons (Fsp3) is 0.389. The maximum atomic E-state index is 9.22. The molecule has 0 atom stereocenters. The highest BCUT2D eigenvalue weighted by atomic mass is 16.5. The van der Waals surface area contributed by atoms with Crippen LogP contribution >= 0.6 is 0 Å². The summed E-state index contributed by atoms with van der Waals surface area (Å²) in [6.45, 7) is 4.12. The second-order valence-corrected chi connectivity index (χ2v) is 5.33. The summed E-state index contributed by atoms with van der Waals surface area (Å²) in [5.41, 5.74) is 3.67. The number of anilines is 1. The number of nitrogens with zero attached hydrogens (tertiary/aromatic N) is 3. The largest absolute Gasteiger partial charge is 0.497 e. The monoisotopic (exact) mass is 342 g/mol. The minimum atomic E-state index is 0.185. The Hall–Kier alpha value is -3.01. The van der Waals surface area contributed by atoms with Crippen molar-refractivity contribution in [2.24, 2.45) is 5.10 Å². The molecule has 0 aliphatic rings. The Kier molecular flexibility index (Phi) is 6.40. The van der Waals surface area contributed by atoms with Gasteiger partial charge in [0.15, 0.2) is 0 Å². The molecule has 1 aromatic carbocycles. The molecule has 1 heterocycles. The molecular weight excluding hydrogens is 320 g/mol. The number of aromatic nitrogens is 1. The number of hydrazone groups is 1. The maximum Gasteiger partial charge on any atom is 0.252 e. The molecule has 0 saturated heterocycles. The van der Waals surface area contributed by atoms with Crippen LogP contribution in [0.4, 0.5) is 5.88 Å². The van der Waals surface area contributed by atoms with Gasteiger partial charge in [-0.2, -0.15) is 10.4 Å². The molecule has 0 bridgehead atoms. The first-order valence-corrected chi connectivity index (χ1v) is 8.08. The van der Waals surface area contributed by atoms with E-state index < -0.39 is 0 Å². The van der Waals surface area contributed by atoms with Crippen molar-refractivity contribution in [1.82, 2.24) is 4.98 Å². The molecule has 0 aliphatic carbocycles. The van der Waals surface area contributed by atoms with E-state index in [1.54, 1.807) is 38.6 Å². The zero-order valence-electron chi connectivity index (χ0n) is 14.9. The number of nitrogens with one attached hydrogen (secondary N) is 1. The molecule has 1 N–H and O–H groups in total. The van der Waals surface area contributed by atoms with E-state index in [1.807, 2.05) is 6.07 Å². The van der Waals surface area contributed by atoms with E-state index in [-0.39, 0.29) is 17.5 Å². The molecule has 7 heteroatoms. The lowest BCUT2D eigenvalue weighted by molar-refractivity contribution is 0.402. The van der Waals surface area contributed by atoms with Crippen molar-refractivity contribution in [1.29, 1.82) is 5.26 Å². The lowest BCUT2D eigenvalue weighted by atomic mass is 10.0. The maximum absolute atomic E-state index is 9.22. The highest BCUT2D eigenvalue weighted by Gasteiger charge is 2.18. The fourth-order valence-electron chi connectivity index (χ4n) is 2.40. The van der Waals surface area contributed by atoms with Crippen LogP contribution in [0.5, 0.6) is 11.5 Å². The first-order valence-electron chi connectivity index (χ1n) is 8.08. The number of nitriles is 1. The van der Waals surface area contributed by atoms with Crippen LogP contribution in [0.2, 0.25) is 0 Å². The predicted octanol–water partition coefficient (Wildman–Crippen LogP) is 3.91. The van der Waals surface area contributed by atoms with E-state index >= 15 is 0 Å². The average molecular weight is 342 g/mol. The number of oxazole rings is 1. The minimum absolute atomic E-state index is 0.185. The normalized spacial score (nSPS) is 10.9. The Balaban J connectivity index is 2.21. The summed E-state index contributed by atoms with van der Waals surface area (Å²) in [6.07, 6.45) is 3.36. The van der Waals surface area contributed by atoms with Gasteiger partial charge in [-0.3, -0.25) is 0 Å². The van der Waals surface area contributed by atoms with Gasteiger partial charge in [0.25, 0.3) is 5.88 Å². The van der Waals surface area contributed by atoms with Crippen LogP contribution in [-0.4, -0.2) is 25.4 Å². The smallest absolute Gasteiger partial charge is 0.252 e. The van der Waals surface area contributed by atoms with Gasteiger partial charge in [0, 0.05) is 11.5 Å². The third kappa shape index (κ3) is 4.29. The minimum Gasteiger partial charge on any atom is -0.497 e. The first kappa shape index (κ1) is 18.3. The number of ether oxygens (including phenoxy) is 2. The van der Waals surface area contributed by atoms with E-state index in [9.17, 15) is 5.26 Å². The van der Waals surface area contributed by atoms with Crippen molar-refractivity contribution in [3.05, 3.63) is 35.3 Å². The molecule has 2 rings (SSSR count). The third-order valence-electron chi connectivity index (χ3n) is 3.89. The molecule has 2 aromatic rings. The van der Waals surface area contributed by atoms with Crippen LogP contribution in [-0.2, 0) is 0 Å². The molecule has 0 spiro atoms. The Bertz CT molecular complexity index is 773. The van der Waals surface area contributed by atoms with E-state index in [4.69, 9.17) is 13.9 Å². The summed E-state index contributed by atoms with van der Waals surface area (Å²) in [4.78, 5) is 4.25. The third-order valence-corrected chi connectivity index (χ3v) is 3.89. The van der Waals surface area contributed by atoms with Gasteiger partial charge in [0.1, 0.15) is 17.6 Å². The van der Waals surface area contributed by atoms with Gasteiger partial charge in [-0.15, -0.1) is 0 Å². The zero-order chi connectivity index (χ0) is 18.2. The molecule has 0 radical (unpaired) electrons. The van der Waals surface area contributed by atoms with E-state index in [1.165, 1.54) is 0 Å². The predicted molar refractivity (Wildman–Crippen MR) is 95.3 cm³/mol. The lowest BCUT2D eigenvalue weighted by Crippen LogP contribution is -1.95. The Morgan fingerprint density at radius 3 is 2.68 bits per heavy atom. The number of benzene rings is 1. The van der Waals surface area contributed by atoms with E-state index in [0.29, 0.717) is 17.4 Å². The number of methoxy groups -OCH3 is 2. The van der Waals surface area contributed by atoms with Crippen molar-refractivity contribution in [2.75, 3.05) is 19.6 Å². The van der Waals surface area contributed by atoms with E-state index in [0.717, 1.165) is 18.4 Å². The molecule has 0 saturated carbocycles. The van der Waals surface area contributed by atoms with E-state index in [2.05, 4.69) is 29.4 Å². The molecule has 25 heavy (non-hydrogen) atoms. The molecule has 0 amide bonds. The summed E-state index contributed by atoms with van der Waals surface area (Å²) in [5, 5.41) is 13.4. The summed E-state index contributed by atoms with van der Waals surface area (Å²) >= 11 is 0. The number of hydrogen-bond donors (Lipinski definition) is 1. The Morgan fingerprint density at radius 1 is 1.32 bits per heavy atom. The van der Waals surface area contributed by atoms with Gasteiger partial charge in [-0.25, -0.2) is 10.4 Å². The Morgan fingerprint density at radius 2 is 2.08 bits per heavy atom. The van der Waals surface area contributed by atoms with Gasteiger partial charge < -0.3 is 13.9 Å². The fourth-order valence-corrected chi connectivity index (χ4v) is 2.40.